The van der Waals surface area contributed by atoms with Crippen molar-refractivity contribution >= 4 is 17.9 Å². The van der Waals surface area contributed by atoms with E-state index in [1.807, 2.05) is 0 Å². The van der Waals surface area contributed by atoms with Crippen LogP contribution in [0, 0.1) is 5.92 Å². The molecule has 0 bridgehead atoms. The van der Waals surface area contributed by atoms with Gasteiger partial charge in [0.05, 0.1) is 5.92 Å². The molecule has 0 saturated heterocycles. The van der Waals surface area contributed by atoms with E-state index in [1.54, 1.807) is 31.2 Å². The lowest BCUT2D eigenvalue weighted by Crippen LogP contribution is -2.40. The standard InChI is InChI=1S/C14H19N3O4/c1-8(13(19)20)9(2)17-12(18)11-5-3-10(4-6-11)7-16-14(15)21/h3-6,8-9H,7H2,1-2H3,(H,17,18)(H,19,20)(H3,15,16,21). The maximum absolute atomic E-state index is 12.0. The molecule has 3 amide bonds. The topological polar surface area (TPSA) is 122 Å². The Morgan fingerprint density at radius 3 is 2.24 bits per heavy atom. The van der Waals surface area contributed by atoms with Gasteiger partial charge < -0.3 is 21.5 Å². The number of nitrogens with two attached hydrogens (primary N) is 1. The third-order valence-corrected chi connectivity index (χ3v) is 3.18. The summed E-state index contributed by atoms with van der Waals surface area (Å²) < 4.78 is 0. The smallest absolute Gasteiger partial charge is 0.312 e. The number of carboxylic acid groups (broad SMARTS) is 1. The number of carbonyl (C=O) groups excluding carboxylic acids is 2. The first kappa shape index (κ1) is 16.5. The van der Waals surface area contributed by atoms with Gasteiger partial charge in [-0.2, -0.15) is 0 Å². The van der Waals surface area contributed by atoms with Crippen LogP contribution in [0.3, 0.4) is 0 Å². The van der Waals surface area contributed by atoms with Gasteiger partial charge in [-0.3, -0.25) is 9.59 Å². The maximum Gasteiger partial charge on any atom is 0.312 e. The van der Waals surface area contributed by atoms with Crippen LogP contribution in [-0.2, 0) is 11.3 Å². The summed E-state index contributed by atoms with van der Waals surface area (Å²) in [4.78, 5) is 33.4. The molecule has 0 aliphatic heterocycles. The summed E-state index contributed by atoms with van der Waals surface area (Å²) in [6.07, 6.45) is 0. The average Bonchev–Trinajstić information content (AvgIpc) is 2.44. The Morgan fingerprint density at radius 2 is 1.76 bits per heavy atom. The van der Waals surface area contributed by atoms with Crippen LogP contribution in [0.15, 0.2) is 24.3 Å². The zero-order chi connectivity index (χ0) is 16.0. The third kappa shape index (κ3) is 5.13. The summed E-state index contributed by atoms with van der Waals surface area (Å²) in [5, 5.41) is 14.0. The Kier molecular flexibility index (Phi) is 5.71. The van der Waals surface area contributed by atoms with E-state index in [1.165, 1.54) is 6.92 Å². The van der Waals surface area contributed by atoms with Crippen LogP contribution in [-0.4, -0.2) is 29.1 Å². The summed E-state index contributed by atoms with van der Waals surface area (Å²) in [7, 11) is 0. The van der Waals surface area contributed by atoms with Gasteiger partial charge in [-0.15, -0.1) is 0 Å². The van der Waals surface area contributed by atoms with E-state index in [9.17, 15) is 14.4 Å². The quantitative estimate of drug-likeness (QED) is 0.616. The monoisotopic (exact) mass is 293 g/mol. The first-order valence-electron chi connectivity index (χ1n) is 6.47. The molecule has 0 heterocycles. The van der Waals surface area contributed by atoms with Gasteiger partial charge in [-0.05, 0) is 31.5 Å². The van der Waals surface area contributed by atoms with Crippen LogP contribution >= 0.6 is 0 Å². The van der Waals surface area contributed by atoms with Gasteiger partial charge in [0.15, 0.2) is 0 Å². The minimum Gasteiger partial charge on any atom is -0.481 e. The molecule has 1 rings (SSSR count). The SMILES string of the molecule is CC(NC(=O)c1ccc(CNC(N)=O)cc1)C(C)C(=O)O. The molecular formula is C14H19N3O4. The number of hydrogen-bond acceptors (Lipinski definition) is 3. The molecule has 0 aliphatic carbocycles. The Hall–Kier alpha value is -2.57. The van der Waals surface area contributed by atoms with Gasteiger partial charge in [-0.1, -0.05) is 12.1 Å². The van der Waals surface area contributed by atoms with Crippen molar-refractivity contribution in [3.05, 3.63) is 35.4 Å². The molecule has 7 heteroatoms. The summed E-state index contributed by atoms with van der Waals surface area (Å²) in [5.41, 5.74) is 6.19. The van der Waals surface area contributed by atoms with E-state index < -0.39 is 24.0 Å². The first-order chi connectivity index (χ1) is 9.81. The molecule has 1 aromatic carbocycles. The summed E-state index contributed by atoms with van der Waals surface area (Å²) in [6, 6.07) is 5.49. The molecule has 0 aromatic heterocycles. The molecular weight excluding hydrogens is 274 g/mol. The fourth-order valence-corrected chi connectivity index (χ4v) is 1.59. The predicted molar refractivity (Wildman–Crippen MR) is 76.6 cm³/mol. The van der Waals surface area contributed by atoms with Crippen LogP contribution in [0.5, 0.6) is 0 Å². The lowest BCUT2D eigenvalue weighted by Gasteiger charge is -2.17. The second-order valence-electron chi connectivity index (χ2n) is 4.80. The number of hydrogen-bond donors (Lipinski definition) is 4. The normalized spacial score (nSPS) is 13.0. The largest absolute Gasteiger partial charge is 0.481 e. The van der Waals surface area contributed by atoms with Gasteiger partial charge in [0.2, 0.25) is 0 Å². The van der Waals surface area contributed by atoms with Crippen molar-refractivity contribution in [3.8, 4) is 0 Å². The number of primary amides is 1. The van der Waals surface area contributed by atoms with E-state index in [-0.39, 0.29) is 12.5 Å². The van der Waals surface area contributed by atoms with Crippen LogP contribution in [0.2, 0.25) is 0 Å². The second kappa shape index (κ2) is 7.28. The highest BCUT2D eigenvalue weighted by Gasteiger charge is 2.21. The predicted octanol–water partition coefficient (Wildman–Crippen LogP) is 0.694. The molecule has 0 spiro atoms. The van der Waals surface area contributed by atoms with Crippen LogP contribution < -0.4 is 16.4 Å². The van der Waals surface area contributed by atoms with Crippen LogP contribution in [0.25, 0.3) is 0 Å². The first-order valence-corrected chi connectivity index (χ1v) is 6.47. The Balaban J connectivity index is 2.63. The minimum absolute atomic E-state index is 0.281. The van der Waals surface area contributed by atoms with Gasteiger partial charge in [0, 0.05) is 18.2 Å². The third-order valence-electron chi connectivity index (χ3n) is 3.18. The van der Waals surface area contributed by atoms with Crippen molar-refractivity contribution in [2.24, 2.45) is 11.7 Å². The molecule has 21 heavy (non-hydrogen) atoms. The highest BCUT2D eigenvalue weighted by molar-refractivity contribution is 5.94. The van der Waals surface area contributed by atoms with Crippen molar-refractivity contribution in [1.82, 2.24) is 10.6 Å². The summed E-state index contributed by atoms with van der Waals surface area (Å²) in [6.45, 7) is 3.46. The second-order valence-corrected chi connectivity index (χ2v) is 4.80. The lowest BCUT2D eigenvalue weighted by atomic mass is 10.0. The van der Waals surface area contributed by atoms with Crippen molar-refractivity contribution in [2.45, 2.75) is 26.4 Å². The van der Waals surface area contributed by atoms with E-state index in [4.69, 9.17) is 10.8 Å². The van der Waals surface area contributed by atoms with E-state index in [0.717, 1.165) is 5.56 Å². The molecule has 0 fully saturated rings. The lowest BCUT2D eigenvalue weighted by molar-refractivity contribution is -0.141. The van der Waals surface area contributed by atoms with E-state index in [0.29, 0.717) is 5.56 Å². The van der Waals surface area contributed by atoms with Crippen molar-refractivity contribution < 1.29 is 19.5 Å². The minimum atomic E-state index is -0.962. The number of urea groups is 1. The molecule has 0 saturated carbocycles. The zero-order valence-electron chi connectivity index (χ0n) is 11.9. The number of benzene rings is 1. The van der Waals surface area contributed by atoms with Crippen molar-refractivity contribution in [3.63, 3.8) is 0 Å². The summed E-state index contributed by atoms with van der Waals surface area (Å²) >= 11 is 0. The van der Waals surface area contributed by atoms with Crippen LogP contribution in [0.1, 0.15) is 29.8 Å². The zero-order valence-corrected chi connectivity index (χ0v) is 11.9. The highest BCUT2D eigenvalue weighted by Crippen LogP contribution is 2.07. The fourth-order valence-electron chi connectivity index (χ4n) is 1.59. The van der Waals surface area contributed by atoms with Gasteiger partial charge in [-0.25, -0.2) is 4.79 Å². The molecule has 1 aromatic rings. The number of aliphatic carboxylic acids is 1. The van der Waals surface area contributed by atoms with E-state index in [2.05, 4.69) is 10.6 Å². The Bertz CT molecular complexity index is 528. The van der Waals surface area contributed by atoms with Gasteiger partial charge in [0.25, 0.3) is 5.91 Å². The number of amides is 3. The number of carbonyl (C=O) groups is 3. The fraction of sp³-hybridized carbons (Fsp3) is 0.357. The van der Waals surface area contributed by atoms with Crippen molar-refractivity contribution in [1.29, 1.82) is 0 Å². The number of rotatable bonds is 6. The molecule has 2 atom stereocenters. The Labute approximate surface area is 122 Å². The van der Waals surface area contributed by atoms with Gasteiger partial charge >= 0.3 is 12.0 Å². The number of carboxylic acids is 1. The number of nitrogens with one attached hydrogen (secondary N) is 2. The molecule has 2 unspecified atom stereocenters. The van der Waals surface area contributed by atoms with Gasteiger partial charge in [0.1, 0.15) is 0 Å². The Morgan fingerprint density at radius 1 is 1.19 bits per heavy atom. The average molecular weight is 293 g/mol. The summed E-state index contributed by atoms with van der Waals surface area (Å²) in [5.74, 6) is -1.98. The highest BCUT2D eigenvalue weighted by atomic mass is 16.4. The molecule has 5 N–H and O–H groups in total. The molecule has 0 aliphatic rings. The van der Waals surface area contributed by atoms with Crippen LogP contribution in [0.4, 0.5) is 4.79 Å². The van der Waals surface area contributed by atoms with Crippen molar-refractivity contribution in [2.75, 3.05) is 0 Å². The molecule has 7 nitrogen and oxygen atoms in total. The molecule has 114 valence electrons. The van der Waals surface area contributed by atoms with E-state index >= 15 is 0 Å². The molecule has 0 radical (unpaired) electrons. The maximum atomic E-state index is 12.0.